The van der Waals surface area contributed by atoms with Gasteiger partial charge in [0.25, 0.3) is 0 Å². The Balaban J connectivity index is 2.11. The van der Waals surface area contributed by atoms with E-state index in [1.807, 2.05) is 18.7 Å². The number of aromatic nitrogens is 3. The summed E-state index contributed by atoms with van der Waals surface area (Å²) in [4.78, 5) is 1.35. The van der Waals surface area contributed by atoms with Crippen LogP contribution in [0.4, 0.5) is 0 Å². The van der Waals surface area contributed by atoms with Gasteiger partial charge in [0.05, 0.1) is 5.69 Å². The van der Waals surface area contributed by atoms with Crippen molar-refractivity contribution in [2.75, 3.05) is 5.75 Å². The average Bonchev–Trinajstić information content (AvgIpc) is 2.70. The number of rotatable bonds is 0. The fourth-order valence-corrected chi connectivity index (χ4v) is 3.82. The molecule has 3 aromatic rings. The molecule has 0 spiro atoms. The Kier molecular flexibility index (Phi) is 2.38. The van der Waals surface area contributed by atoms with Crippen LogP contribution in [0, 0.1) is 6.92 Å². The first-order chi connectivity index (χ1) is 9.34. The Hall–Kier alpha value is -1.81. The van der Waals surface area contributed by atoms with Crippen LogP contribution in [0.25, 0.3) is 16.5 Å². The van der Waals surface area contributed by atoms with Crippen LogP contribution in [-0.4, -0.2) is 20.5 Å². The summed E-state index contributed by atoms with van der Waals surface area (Å²) >= 11 is 1.92. The predicted molar refractivity (Wildman–Crippen MR) is 78.0 cm³/mol. The lowest BCUT2D eigenvalue weighted by molar-refractivity contribution is 0.877. The predicted octanol–water partition coefficient (Wildman–Crippen LogP) is 3.38. The third-order valence-electron chi connectivity index (χ3n) is 3.56. The van der Waals surface area contributed by atoms with Gasteiger partial charge in [-0.3, -0.25) is 4.57 Å². The lowest BCUT2D eigenvalue weighted by Gasteiger charge is -2.12. The molecule has 0 saturated heterocycles. The Morgan fingerprint density at radius 2 is 2.00 bits per heavy atom. The zero-order chi connectivity index (χ0) is 12.8. The molecule has 4 heteroatoms. The van der Waals surface area contributed by atoms with Crippen molar-refractivity contribution in [3.05, 3.63) is 48.0 Å². The van der Waals surface area contributed by atoms with Crippen LogP contribution >= 0.6 is 11.8 Å². The molecule has 1 aliphatic heterocycles. The molecule has 0 bridgehead atoms. The van der Waals surface area contributed by atoms with Gasteiger partial charge < -0.3 is 0 Å². The molecule has 0 radical (unpaired) electrons. The SMILES string of the molecule is Cc1nnc2n1-c1ccc3ccccc3c1SCC2. The summed E-state index contributed by atoms with van der Waals surface area (Å²) in [6, 6.07) is 12.9. The van der Waals surface area contributed by atoms with E-state index in [9.17, 15) is 0 Å². The summed E-state index contributed by atoms with van der Waals surface area (Å²) in [7, 11) is 0. The summed E-state index contributed by atoms with van der Waals surface area (Å²) in [6.45, 7) is 2.02. The minimum absolute atomic E-state index is 0.967. The Morgan fingerprint density at radius 3 is 2.95 bits per heavy atom. The van der Waals surface area contributed by atoms with E-state index in [4.69, 9.17) is 0 Å². The van der Waals surface area contributed by atoms with Crippen molar-refractivity contribution in [3.8, 4) is 5.69 Å². The second-order valence-electron chi connectivity index (χ2n) is 4.73. The molecule has 0 aliphatic carbocycles. The van der Waals surface area contributed by atoms with Crippen molar-refractivity contribution in [1.29, 1.82) is 0 Å². The minimum Gasteiger partial charge on any atom is -0.282 e. The Morgan fingerprint density at radius 1 is 1.11 bits per heavy atom. The highest BCUT2D eigenvalue weighted by atomic mass is 32.2. The topological polar surface area (TPSA) is 30.7 Å². The molecule has 0 amide bonds. The van der Waals surface area contributed by atoms with Gasteiger partial charge in [-0.2, -0.15) is 0 Å². The van der Waals surface area contributed by atoms with Gasteiger partial charge in [-0.05, 0) is 23.8 Å². The lowest BCUT2D eigenvalue weighted by atomic mass is 10.1. The summed E-state index contributed by atoms with van der Waals surface area (Å²) in [5.74, 6) is 3.09. The van der Waals surface area contributed by atoms with Crippen LogP contribution < -0.4 is 0 Å². The smallest absolute Gasteiger partial charge is 0.138 e. The fraction of sp³-hybridized carbons (Fsp3) is 0.200. The number of hydrogen-bond acceptors (Lipinski definition) is 3. The maximum atomic E-state index is 4.29. The van der Waals surface area contributed by atoms with Gasteiger partial charge in [-0.25, -0.2) is 0 Å². The number of benzene rings is 2. The third kappa shape index (κ3) is 1.60. The largest absolute Gasteiger partial charge is 0.282 e. The molecular weight excluding hydrogens is 254 g/mol. The number of fused-ring (bicyclic) bond motifs is 5. The highest BCUT2D eigenvalue weighted by Gasteiger charge is 2.19. The molecule has 94 valence electrons. The molecule has 3 nitrogen and oxygen atoms in total. The molecule has 0 fully saturated rings. The van der Waals surface area contributed by atoms with Crippen molar-refractivity contribution in [1.82, 2.24) is 14.8 Å². The standard InChI is InChI=1S/C15H13N3S/c1-10-16-17-14-8-9-19-15-12-5-3-2-4-11(12)6-7-13(15)18(10)14/h2-7H,8-9H2,1H3. The molecule has 1 aromatic heterocycles. The van der Waals surface area contributed by atoms with Crippen molar-refractivity contribution in [2.24, 2.45) is 0 Å². The van der Waals surface area contributed by atoms with Gasteiger partial charge in [0.15, 0.2) is 0 Å². The highest BCUT2D eigenvalue weighted by molar-refractivity contribution is 7.99. The molecule has 2 heterocycles. The van der Waals surface area contributed by atoms with Gasteiger partial charge in [0.2, 0.25) is 0 Å². The second kappa shape index (κ2) is 4.10. The van der Waals surface area contributed by atoms with Crippen LogP contribution in [0.3, 0.4) is 0 Å². The normalized spacial score (nSPS) is 13.9. The van der Waals surface area contributed by atoms with Gasteiger partial charge in [-0.1, -0.05) is 30.3 Å². The van der Waals surface area contributed by atoms with Gasteiger partial charge in [0.1, 0.15) is 11.6 Å². The first-order valence-corrected chi connectivity index (χ1v) is 7.39. The summed E-state index contributed by atoms with van der Waals surface area (Å²) in [6.07, 6.45) is 0.967. The molecule has 0 N–H and O–H groups in total. The van der Waals surface area contributed by atoms with Crippen LogP contribution in [0.2, 0.25) is 0 Å². The number of hydrogen-bond donors (Lipinski definition) is 0. The van der Waals surface area contributed by atoms with Crippen molar-refractivity contribution in [2.45, 2.75) is 18.2 Å². The molecule has 0 saturated carbocycles. The van der Waals surface area contributed by atoms with E-state index in [1.54, 1.807) is 0 Å². The number of nitrogens with zero attached hydrogens (tertiary/aromatic N) is 3. The molecule has 2 aromatic carbocycles. The van der Waals surface area contributed by atoms with Crippen LogP contribution in [0.5, 0.6) is 0 Å². The summed E-state index contributed by atoms with van der Waals surface area (Å²) in [5, 5.41) is 11.1. The van der Waals surface area contributed by atoms with Crippen LogP contribution in [-0.2, 0) is 6.42 Å². The average molecular weight is 267 g/mol. The summed E-state index contributed by atoms with van der Waals surface area (Å²) in [5.41, 5.74) is 1.22. The molecule has 4 rings (SSSR count). The van der Waals surface area contributed by atoms with Gasteiger partial charge in [-0.15, -0.1) is 22.0 Å². The van der Waals surface area contributed by atoms with E-state index >= 15 is 0 Å². The monoisotopic (exact) mass is 267 g/mol. The van der Waals surface area contributed by atoms with Crippen LogP contribution in [0.1, 0.15) is 11.6 Å². The van der Waals surface area contributed by atoms with E-state index in [0.717, 1.165) is 23.8 Å². The Bertz CT molecular complexity index is 776. The van der Waals surface area contributed by atoms with E-state index in [0.29, 0.717) is 0 Å². The molecule has 19 heavy (non-hydrogen) atoms. The number of thioether (sulfide) groups is 1. The van der Waals surface area contributed by atoms with Gasteiger partial charge >= 0.3 is 0 Å². The highest BCUT2D eigenvalue weighted by Crippen LogP contribution is 2.37. The van der Waals surface area contributed by atoms with Crippen molar-refractivity contribution in [3.63, 3.8) is 0 Å². The first kappa shape index (κ1) is 11.1. The van der Waals surface area contributed by atoms with Crippen LogP contribution in [0.15, 0.2) is 41.3 Å². The van der Waals surface area contributed by atoms with E-state index in [1.165, 1.54) is 21.4 Å². The second-order valence-corrected chi connectivity index (χ2v) is 5.84. The Labute approximate surface area is 115 Å². The van der Waals surface area contributed by atoms with Crippen molar-refractivity contribution < 1.29 is 0 Å². The minimum atomic E-state index is 0.967. The lowest BCUT2D eigenvalue weighted by Crippen LogP contribution is -2.02. The fourth-order valence-electron chi connectivity index (χ4n) is 2.69. The quantitative estimate of drug-likeness (QED) is 0.625. The first-order valence-electron chi connectivity index (χ1n) is 6.40. The third-order valence-corrected chi connectivity index (χ3v) is 4.69. The van der Waals surface area contributed by atoms with E-state index < -0.39 is 0 Å². The van der Waals surface area contributed by atoms with E-state index in [2.05, 4.69) is 51.2 Å². The molecule has 1 aliphatic rings. The maximum absolute atomic E-state index is 4.29. The molecule has 0 unspecified atom stereocenters. The maximum Gasteiger partial charge on any atom is 0.138 e. The van der Waals surface area contributed by atoms with E-state index in [-0.39, 0.29) is 0 Å². The summed E-state index contributed by atoms with van der Waals surface area (Å²) < 4.78 is 2.20. The number of aryl methyl sites for hydroxylation is 2. The molecular formula is C15H13N3S. The zero-order valence-corrected chi connectivity index (χ0v) is 11.4. The van der Waals surface area contributed by atoms with Crippen molar-refractivity contribution >= 4 is 22.5 Å². The zero-order valence-electron chi connectivity index (χ0n) is 10.6. The van der Waals surface area contributed by atoms with Gasteiger partial charge in [0, 0.05) is 17.1 Å². The molecule has 0 atom stereocenters.